The summed E-state index contributed by atoms with van der Waals surface area (Å²) in [6.45, 7) is 1.69. The highest BCUT2D eigenvalue weighted by Crippen LogP contribution is 2.32. The van der Waals surface area contributed by atoms with Gasteiger partial charge in [-0.1, -0.05) is 0 Å². The van der Waals surface area contributed by atoms with E-state index >= 15 is 0 Å². The molecule has 0 amide bonds. The van der Waals surface area contributed by atoms with Gasteiger partial charge in [-0.3, -0.25) is 10.1 Å². The number of nitro groups is 1. The topological polar surface area (TPSA) is 89.3 Å². The lowest BCUT2D eigenvalue weighted by Crippen LogP contribution is -2.17. The second-order valence-electron chi connectivity index (χ2n) is 3.32. The molecule has 1 aliphatic heterocycles. The third-order valence-corrected chi connectivity index (χ3v) is 3.89. The molecule has 0 spiro atoms. The van der Waals surface area contributed by atoms with Gasteiger partial charge in [-0.25, -0.2) is 13.1 Å². The van der Waals surface area contributed by atoms with Crippen LogP contribution in [0.3, 0.4) is 0 Å². The first kappa shape index (κ1) is 10.1. The van der Waals surface area contributed by atoms with Gasteiger partial charge in [0, 0.05) is 18.2 Å². The highest BCUT2D eigenvalue weighted by molar-refractivity contribution is 7.89. The molecule has 2 rings (SSSR count). The summed E-state index contributed by atoms with van der Waals surface area (Å²) in [7, 11) is -3.57. The van der Waals surface area contributed by atoms with Gasteiger partial charge in [-0.05, 0) is 18.6 Å². The number of rotatable bonds is 1. The van der Waals surface area contributed by atoms with Crippen molar-refractivity contribution in [3.05, 3.63) is 33.9 Å². The predicted molar refractivity (Wildman–Crippen MR) is 51.8 cm³/mol. The Labute approximate surface area is 86.1 Å². The van der Waals surface area contributed by atoms with Crippen LogP contribution in [0.5, 0.6) is 0 Å². The fourth-order valence-corrected chi connectivity index (χ4v) is 3.14. The molecular formula is C8H8N2O4S. The molecule has 1 unspecified atom stereocenters. The van der Waals surface area contributed by atoms with Crippen LogP contribution < -0.4 is 4.72 Å². The van der Waals surface area contributed by atoms with E-state index in [9.17, 15) is 18.5 Å². The maximum absolute atomic E-state index is 11.5. The average molecular weight is 228 g/mol. The molecule has 0 aliphatic carbocycles. The fraction of sp³-hybridized carbons (Fsp3) is 0.250. The van der Waals surface area contributed by atoms with E-state index < -0.39 is 14.9 Å². The van der Waals surface area contributed by atoms with Gasteiger partial charge in [0.25, 0.3) is 5.69 Å². The Hall–Kier alpha value is -1.47. The molecule has 1 N–H and O–H groups in total. The van der Waals surface area contributed by atoms with Gasteiger partial charge in [-0.15, -0.1) is 0 Å². The number of nitro benzene ring substituents is 1. The van der Waals surface area contributed by atoms with E-state index in [1.54, 1.807) is 6.92 Å². The molecule has 6 nitrogen and oxygen atoms in total. The number of nitrogens with zero attached hydrogens (tertiary/aromatic N) is 1. The van der Waals surface area contributed by atoms with E-state index in [0.717, 1.165) is 6.07 Å². The van der Waals surface area contributed by atoms with Gasteiger partial charge in [0.1, 0.15) is 0 Å². The highest BCUT2D eigenvalue weighted by atomic mass is 32.2. The molecule has 1 aromatic rings. The van der Waals surface area contributed by atoms with Crippen LogP contribution in [-0.2, 0) is 10.0 Å². The number of fused-ring (bicyclic) bond motifs is 1. The van der Waals surface area contributed by atoms with Gasteiger partial charge < -0.3 is 0 Å². The van der Waals surface area contributed by atoms with Crippen molar-refractivity contribution >= 4 is 15.7 Å². The maximum Gasteiger partial charge on any atom is 0.270 e. The Balaban J connectivity index is 2.68. The normalized spacial score (nSPS) is 22.3. The molecular weight excluding hydrogens is 220 g/mol. The molecule has 0 radical (unpaired) electrons. The first-order valence-electron chi connectivity index (χ1n) is 4.22. The molecule has 0 fully saturated rings. The van der Waals surface area contributed by atoms with Crippen molar-refractivity contribution < 1.29 is 13.3 Å². The first-order valence-corrected chi connectivity index (χ1v) is 5.71. The molecule has 0 saturated heterocycles. The molecule has 1 aromatic carbocycles. The molecule has 1 heterocycles. The summed E-state index contributed by atoms with van der Waals surface area (Å²) in [6.07, 6.45) is 0. The van der Waals surface area contributed by atoms with Crippen molar-refractivity contribution in [1.82, 2.24) is 4.72 Å². The minimum absolute atomic E-state index is 0.00389. The van der Waals surface area contributed by atoms with Crippen LogP contribution >= 0.6 is 0 Å². The van der Waals surface area contributed by atoms with Crippen LogP contribution in [-0.4, -0.2) is 13.3 Å². The Kier molecular flexibility index (Phi) is 2.02. The van der Waals surface area contributed by atoms with Crippen molar-refractivity contribution in [2.75, 3.05) is 0 Å². The summed E-state index contributed by atoms with van der Waals surface area (Å²) in [4.78, 5) is 9.88. The summed E-state index contributed by atoms with van der Waals surface area (Å²) < 4.78 is 25.4. The predicted octanol–water partition coefficient (Wildman–Crippen LogP) is 0.948. The van der Waals surface area contributed by atoms with Crippen LogP contribution in [0.2, 0.25) is 0 Å². The van der Waals surface area contributed by atoms with Crippen molar-refractivity contribution in [1.29, 1.82) is 0 Å². The van der Waals surface area contributed by atoms with Crippen LogP contribution in [0.15, 0.2) is 23.1 Å². The van der Waals surface area contributed by atoms with Crippen LogP contribution in [0.1, 0.15) is 18.5 Å². The summed E-state index contributed by atoms with van der Waals surface area (Å²) >= 11 is 0. The van der Waals surface area contributed by atoms with Crippen LogP contribution in [0.4, 0.5) is 5.69 Å². The van der Waals surface area contributed by atoms with E-state index in [-0.39, 0.29) is 16.6 Å². The number of nitrogens with one attached hydrogen (secondary N) is 1. The lowest BCUT2D eigenvalue weighted by Gasteiger charge is -1.99. The lowest BCUT2D eigenvalue weighted by molar-refractivity contribution is -0.385. The molecule has 1 atom stereocenters. The van der Waals surface area contributed by atoms with Crippen molar-refractivity contribution in [3.63, 3.8) is 0 Å². The van der Waals surface area contributed by atoms with Crippen LogP contribution in [0, 0.1) is 10.1 Å². The van der Waals surface area contributed by atoms with E-state index in [1.165, 1.54) is 12.1 Å². The third kappa shape index (κ3) is 1.49. The summed E-state index contributed by atoms with van der Waals surface area (Å²) in [5.41, 5.74) is 0.355. The number of hydrogen-bond acceptors (Lipinski definition) is 4. The SMILES string of the molecule is CC1NS(=O)(=O)c2cc([N+](=O)[O-])ccc21. The number of hydrogen-bond donors (Lipinski definition) is 1. The second kappa shape index (κ2) is 3.01. The first-order chi connectivity index (χ1) is 6.92. The third-order valence-electron chi connectivity index (χ3n) is 2.30. The summed E-state index contributed by atoms with van der Waals surface area (Å²) in [5.74, 6) is 0. The van der Waals surface area contributed by atoms with Crippen molar-refractivity contribution in [3.8, 4) is 0 Å². The fourth-order valence-electron chi connectivity index (χ4n) is 1.59. The van der Waals surface area contributed by atoms with E-state index in [2.05, 4.69) is 4.72 Å². The molecule has 7 heteroatoms. The summed E-state index contributed by atoms with van der Waals surface area (Å²) in [5, 5.41) is 10.5. The Morgan fingerprint density at radius 1 is 1.47 bits per heavy atom. The largest absolute Gasteiger partial charge is 0.270 e. The lowest BCUT2D eigenvalue weighted by atomic mass is 10.1. The highest BCUT2D eigenvalue weighted by Gasteiger charge is 2.32. The van der Waals surface area contributed by atoms with E-state index in [0.29, 0.717) is 5.56 Å². The molecule has 0 aromatic heterocycles. The van der Waals surface area contributed by atoms with Gasteiger partial charge in [0.05, 0.1) is 9.82 Å². The number of sulfonamides is 1. The Morgan fingerprint density at radius 3 is 2.73 bits per heavy atom. The zero-order chi connectivity index (χ0) is 11.2. The monoisotopic (exact) mass is 228 g/mol. The molecule has 0 saturated carbocycles. The molecule has 15 heavy (non-hydrogen) atoms. The standard InChI is InChI=1S/C8H8N2O4S/c1-5-7-3-2-6(10(11)12)4-8(7)15(13,14)9-5/h2-5,9H,1H3. The number of benzene rings is 1. The average Bonchev–Trinajstić information content (AvgIpc) is 2.37. The minimum atomic E-state index is -3.57. The molecule has 80 valence electrons. The van der Waals surface area contributed by atoms with Gasteiger partial charge in [0.15, 0.2) is 0 Å². The van der Waals surface area contributed by atoms with E-state index in [4.69, 9.17) is 0 Å². The van der Waals surface area contributed by atoms with Crippen molar-refractivity contribution in [2.45, 2.75) is 17.9 Å². The molecule has 1 aliphatic rings. The van der Waals surface area contributed by atoms with Gasteiger partial charge >= 0.3 is 0 Å². The number of non-ortho nitro benzene ring substituents is 1. The zero-order valence-electron chi connectivity index (χ0n) is 7.80. The van der Waals surface area contributed by atoms with E-state index in [1.807, 2.05) is 0 Å². The second-order valence-corrected chi connectivity index (χ2v) is 5.00. The summed E-state index contributed by atoms with van der Waals surface area (Å²) in [6, 6.07) is 3.53. The smallest absolute Gasteiger partial charge is 0.258 e. The minimum Gasteiger partial charge on any atom is -0.258 e. The molecule has 0 bridgehead atoms. The van der Waals surface area contributed by atoms with Gasteiger partial charge in [0.2, 0.25) is 10.0 Å². The van der Waals surface area contributed by atoms with Crippen LogP contribution in [0.25, 0.3) is 0 Å². The zero-order valence-corrected chi connectivity index (χ0v) is 8.61. The maximum atomic E-state index is 11.5. The Morgan fingerprint density at radius 2 is 2.13 bits per heavy atom. The van der Waals surface area contributed by atoms with Gasteiger partial charge in [-0.2, -0.15) is 0 Å². The quantitative estimate of drug-likeness (QED) is 0.572. The van der Waals surface area contributed by atoms with Crippen molar-refractivity contribution in [2.24, 2.45) is 0 Å². The Bertz CT molecular complexity index is 538.